The summed E-state index contributed by atoms with van der Waals surface area (Å²) in [6, 6.07) is 11.1. The Bertz CT molecular complexity index is 549. The van der Waals surface area contributed by atoms with E-state index in [1.54, 1.807) is 14.0 Å². The summed E-state index contributed by atoms with van der Waals surface area (Å²) in [5, 5.41) is 0. The SMILES string of the molecule is COC(c1ccccc1)c1nc(C)cc(=O)[nH]1. The van der Waals surface area contributed by atoms with Gasteiger partial charge in [-0.25, -0.2) is 4.98 Å². The lowest BCUT2D eigenvalue weighted by Crippen LogP contribution is -2.16. The van der Waals surface area contributed by atoms with Gasteiger partial charge >= 0.3 is 0 Å². The van der Waals surface area contributed by atoms with E-state index < -0.39 is 0 Å². The molecule has 0 saturated carbocycles. The molecule has 4 nitrogen and oxygen atoms in total. The number of ether oxygens (including phenoxy) is 1. The average Bonchev–Trinajstić information content (AvgIpc) is 2.30. The van der Waals surface area contributed by atoms with Crippen LogP contribution in [0.15, 0.2) is 41.2 Å². The van der Waals surface area contributed by atoms with Gasteiger partial charge < -0.3 is 9.72 Å². The molecular formula is C13H14N2O2. The largest absolute Gasteiger partial charge is 0.369 e. The van der Waals surface area contributed by atoms with Gasteiger partial charge in [0.25, 0.3) is 5.56 Å². The molecule has 1 heterocycles. The highest BCUT2D eigenvalue weighted by atomic mass is 16.5. The first-order valence-corrected chi connectivity index (χ1v) is 5.36. The van der Waals surface area contributed by atoms with Crippen LogP contribution in [0.1, 0.15) is 23.2 Å². The number of H-pyrrole nitrogens is 1. The molecule has 2 aromatic rings. The molecule has 2 rings (SSSR count). The third-order valence-corrected chi connectivity index (χ3v) is 2.47. The maximum Gasteiger partial charge on any atom is 0.251 e. The Balaban J connectivity index is 2.46. The van der Waals surface area contributed by atoms with Crippen LogP contribution in [0.4, 0.5) is 0 Å². The molecule has 0 radical (unpaired) electrons. The van der Waals surface area contributed by atoms with Gasteiger partial charge in [-0.05, 0) is 12.5 Å². The number of hydrogen-bond donors (Lipinski definition) is 1. The molecule has 0 saturated heterocycles. The van der Waals surface area contributed by atoms with Crippen molar-refractivity contribution in [2.24, 2.45) is 0 Å². The van der Waals surface area contributed by atoms with Gasteiger partial charge in [-0.2, -0.15) is 0 Å². The van der Waals surface area contributed by atoms with Crippen LogP contribution in [0.5, 0.6) is 0 Å². The highest BCUT2D eigenvalue weighted by molar-refractivity contribution is 5.23. The molecule has 0 aliphatic rings. The molecule has 1 aromatic heterocycles. The predicted octanol–water partition coefficient (Wildman–Crippen LogP) is 1.81. The summed E-state index contributed by atoms with van der Waals surface area (Å²) >= 11 is 0. The summed E-state index contributed by atoms with van der Waals surface area (Å²) in [5.74, 6) is 0.531. The van der Waals surface area contributed by atoms with Crippen molar-refractivity contribution in [2.45, 2.75) is 13.0 Å². The predicted molar refractivity (Wildman–Crippen MR) is 64.9 cm³/mol. The van der Waals surface area contributed by atoms with E-state index in [0.717, 1.165) is 5.56 Å². The Morgan fingerprint density at radius 3 is 2.59 bits per heavy atom. The molecule has 1 N–H and O–H groups in total. The van der Waals surface area contributed by atoms with Crippen molar-refractivity contribution in [1.82, 2.24) is 9.97 Å². The number of rotatable bonds is 3. The zero-order chi connectivity index (χ0) is 12.3. The van der Waals surface area contributed by atoms with Crippen molar-refractivity contribution in [1.29, 1.82) is 0 Å². The summed E-state index contributed by atoms with van der Waals surface area (Å²) in [4.78, 5) is 18.4. The van der Waals surface area contributed by atoms with Gasteiger partial charge in [0.1, 0.15) is 11.9 Å². The second-order valence-electron chi connectivity index (χ2n) is 3.80. The second kappa shape index (κ2) is 4.93. The number of aromatic nitrogens is 2. The van der Waals surface area contributed by atoms with E-state index in [9.17, 15) is 4.79 Å². The van der Waals surface area contributed by atoms with Crippen molar-refractivity contribution in [2.75, 3.05) is 7.11 Å². The van der Waals surface area contributed by atoms with Crippen LogP contribution in [0.25, 0.3) is 0 Å². The Hall–Kier alpha value is -1.94. The maximum absolute atomic E-state index is 11.4. The summed E-state index contributed by atoms with van der Waals surface area (Å²) in [5.41, 5.74) is 1.48. The van der Waals surface area contributed by atoms with Gasteiger partial charge in [0.2, 0.25) is 0 Å². The minimum atomic E-state index is -0.344. The van der Waals surface area contributed by atoms with Gasteiger partial charge in [-0.15, -0.1) is 0 Å². The lowest BCUT2D eigenvalue weighted by atomic mass is 10.1. The molecule has 88 valence electrons. The van der Waals surface area contributed by atoms with Crippen LogP contribution in [0.2, 0.25) is 0 Å². The van der Waals surface area contributed by atoms with Gasteiger partial charge in [0.05, 0.1) is 0 Å². The Morgan fingerprint density at radius 2 is 2.00 bits per heavy atom. The van der Waals surface area contributed by atoms with Gasteiger partial charge in [-0.3, -0.25) is 4.79 Å². The number of nitrogens with one attached hydrogen (secondary N) is 1. The Kier molecular flexibility index (Phi) is 3.35. The summed E-state index contributed by atoms with van der Waals surface area (Å²) < 4.78 is 5.40. The molecule has 0 aliphatic heterocycles. The second-order valence-corrected chi connectivity index (χ2v) is 3.80. The van der Waals surface area contributed by atoms with Crippen LogP contribution in [0.3, 0.4) is 0 Å². The third kappa shape index (κ3) is 2.60. The van der Waals surface area contributed by atoms with Crippen molar-refractivity contribution in [3.05, 3.63) is 63.8 Å². The standard InChI is InChI=1S/C13H14N2O2/c1-9-8-11(16)15-13(14-9)12(17-2)10-6-4-3-5-7-10/h3-8,12H,1-2H3,(H,14,15,16). The van der Waals surface area contributed by atoms with E-state index in [2.05, 4.69) is 9.97 Å². The third-order valence-electron chi connectivity index (χ3n) is 2.47. The molecule has 0 spiro atoms. The fraction of sp³-hybridized carbons (Fsp3) is 0.231. The van der Waals surface area contributed by atoms with Crippen molar-refractivity contribution in [3.8, 4) is 0 Å². The van der Waals surface area contributed by atoms with E-state index in [1.807, 2.05) is 30.3 Å². The average molecular weight is 230 g/mol. The van der Waals surface area contributed by atoms with Crippen molar-refractivity contribution < 1.29 is 4.74 Å². The van der Waals surface area contributed by atoms with E-state index in [-0.39, 0.29) is 11.7 Å². The number of methoxy groups -OCH3 is 1. The molecule has 1 atom stereocenters. The molecule has 4 heteroatoms. The van der Waals surface area contributed by atoms with Crippen molar-refractivity contribution in [3.63, 3.8) is 0 Å². The smallest absolute Gasteiger partial charge is 0.251 e. The first kappa shape index (κ1) is 11.5. The fourth-order valence-corrected chi connectivity index (χ4v) is 1.76. The lowest BCUT2D eigenvalue weighted by Gasteiger charge is -2.14. The van der Waals surface area contributed by atoms with Crippen LogP contribution >= 0.6 is 0 Å². The lowest BCUT2D eigenvalue weighted by molar-refractivity contribution is 0.128. The molecule has 17 heavy (non-hydrogen) atoms. The molecular weight excluding hydrogens is 216 g/mol. The first-order valence-electron chi connectivity index (χ1n) is 5.36. The molecule has 0 fully saturated rings. The molecule has 1 unspecified atom stereocenters. The first-order chi connectivity index (χ1) is 8.20. The highest BCUT2D eigenvalue weighted by Crippen LogP contribution is 2.21. The fourth-order valence-electron chi connectivity index (χ4n) is 1.76. The zero-order valence-corrected chi connectivity index (χ0v) is 9.81. The highest BCUT2D eigenvalue weighted by Gasteiger charge is 2.15. The van der Waals surface area contributed by atoms with Gasteiger partial charge in [0.15, 0.2) is 0 Å². The van der Waals surface area contributed by atoms with Crippen molar-refractivity contribution >= 4 is 0 Å². The number of aryl methyl sites for hydroxylation is 1. The molecule has 0 aliphatic carbocycles. The number of hydrogen-bond acceptors (Lipinski definition) is 3. The van der Waals surface area contributed by atoms with E-state index in [4.69, 9.17) is 4.74 Å². The Morgan fingerprint density at radius 1 is 1.29 bits per heavy atom. The van der Waals surface area contributed by atoms with E-state index >= 15 is 0 Å². The quantitative estimate of drug-likeness (QED) is 0.875. The number of nitrogens with zero attached hydrogens (tertiary/aromatic N) is 1. The summed E-state index contributed by atoms with van der Waals surface area (Å²) in [6.45, 7) is 1.79. The van der Waals surface area contributed by atoms with Crippen LogP contribution in [-0.4, -0.2) is 17.1 Å². The molecule has 0 amide bonds. The van der Waals surface area contributed by atoms with Gasteiger partial charge in [-0.1, -0.05) is 30.3 Å². The number of aromatic amines is 1. The number of benzene rings is 1. The normalized spacial score (nSPS) is 12.4. The van der Waals surface area contributed by atoms with Crippen LogP contribution in [0, 0.1) is 6.92 Å². The monoisotopic (exact) mass is 230 g/mol. The minimum absolute atomic E-state index is 0.162. The van der Waals surface area contributed by atoms with E-state index in [1.165, 1.54) is 6.07 Å². The van der Waals surface area contributed by atoms with Crippen LogP contribution in [-0.2, 0) is 4.74 Å². The molecule has 0 bridgehead atoms. The minimum Gasteiger partial charge on any atom is -0.369 e. The zero-order valence-electron chi connectivity index (χ0n) is 9.81. The summed E-state index contributed by atoms with van der Waals surface area (Å²) in [6.07, 6.45) is -0.344. The summed E-state index contributed by atoms with van der Waals surface area (Å²) in [7, 11) is 1.60. The van der Waals surface area contributed by atoms with Crippen LogP contribution < -0.4 is 5.56 Å². The molecule has 1 aromatic carbocycles. The Labute approximate surface area is 99.3 Å². The van der Waals surface area contributed by atoms with E-state index in [0.29, 0.717) is 11.5 Å². The topological polar surface area (TPSA) is 55.0 Å². The van der Waals surface area contributed by atoms with Gasteiger partial charge in [0, 0.05) is 18.9 Å². The maximum atomic E-state index is 11.4.